The van der Waals surface area contributed by atoms with E-state index in [-0.39, 0.29) is 6.42 Å². The highest BCUT2D eigenvalue weighted by atomic mass is 16.4. The number of hydrogen-bond donors (Lipinski definition) is 2. The van der Waals surface area contributed by atoms with Crippen LogP contribution in [0.4, 0.5) is 0 Å². The highest BCUT2D eigenvalue weighted by Gasteiger charge is 2.45. The predicted molar refractivity (Wildman–Crippen MR) is 134 cm³/mol. The highest BCUT2D eigenvalue weighted by molar-refractivity contribution is 5.98. The summed E-state index contributed by atoms with van der Waals surface area (Å²) in [5.74, 6) is -1.59. The molecule has 0 spiro atoms. The third kappa shape index (κ3) is 4.83. The molecule has 1 atom stereocenters. The maximum absolute atomic E-state index is 14.3. The lowest BCUT2D eigenvalue weighted by Crippen LogP contribution is -2.52. The van der Waals surface area contributed by atoms with Gasteiger partial charge in [-0.2, -0.15) is 5.26 Å². The summed E-state index contributed by atoms with van der Waals surface area (Å²) in [6, 6.07) is 35.7. The third-order valence-electron chi connectivity index (χ3n) is 6.06. The Bertz CT molecular complexity index is 1250. The minimum Gasteiger partial charge on any atom is -0.480 e. The number of amides is 1. The van der Waals surface area contributed by atoms with Crippen molar-refractivity contribution < 1.29 is 14.7 Å². The molecule has 4 aromatic carbocycles. The number of nitrogens with one attached hydrogen (secondary N) is 1. The fourth-order valence-electron chi connectivity index (χ4n) is 4.43. The van der Waals surface area contributed by atoms with Gasteiger partial charge in [0, 0.05) is 6.42 Å². The monoisotopic (exact) mass is 460 g/mol. The van der Waals surface area contributed by atoms with E-state index in [0.29, 0.717) is 11.1 Å². The van der Waals surface area contributed by atoms with Gasteiger partial charge in [0.15, 0.2) is 0 Å². The molecular formula is C30H24N2O3. The summed E-state index contributed by atoms with van der Waals surface area (Å²) in [4.78, 5) is 26.5. The van der Waals surface area contributed by atoms with Gasteiger partial charge in [-0.1, -0.05) is 103 Å². The number of carboxylic acid groups (broad SMARTS) is 1. The summed E-state index contributed by atoms with van der Waals surface area (Å²) in [5.41, 5.74) is 2.00. The van der Waals surface area contributed by atoms with Crippen molar-refractivity contribution in [3.05, 3.63) is 143 Å². The van der Waals surface area contributed by atoms with Gasteiger partial charge in [0.05, 0.1) is 11.6 Å². The Morgan fingerprint density at radius 2 is 1.26 bits per heavy atom. The van der Waals surface area contributed by atoms with Crippen molar-refractivity contribution in [3.63, 3.8) is 0 Å². The number of aliphatic carboxylic acids is 1. The average Bonchev–Trinajstić information content (AvgIpc) is 2.91. The smallest absolute Gasteiger partial charge is 0.326 e. The van der Waals surface area contributed by atoms with Crippen LogP contribution in [0.15, 0.2) is 115 Å². The standard InChI is InChI=1S/C30H24N2O3/c31-21-23-12-10-11-22(19-23)20-27(28(33)34)32-29(35)30(24-13-4-1-5-14-24,25-15-6-2-7-16-25)26-17-8-3-9-18-26/h1-19,27H,20H2,(H,32,35)(H,33,34)/t27-/m0/s1. The lowest BCUT2D eigenvalue weighted by molar-refractivity contribution is -0.142. The largest absolute Gasteiger partial charge is 0.480 e. The molecule has 2 N–H and O–H groups in total. The molecule has 0 aliphatic heterocycles. The zero-order chi connectivity index (χ0) is 24.7. The Morgan fingerprint density at radius 1 is 0.771 bits per heavy atom. The number of rotatable bonds is 8. The first-order valence-corrected chi connectivity index (χ1v) is 11.2. The second-order valence-electron chi connectivity index (χ2n) is 8.23. The molecule has 4 rings (SSSR count). The van der Waals surface area contributed by atoms with Gasteiger partial charge < -0.3 is 10.4 Å². The fraction of sp³-hybridized carbons (Fsp3) is 0.100. The van der Waals surface area contributed by atoms with Crippen molar-refractivity contribution in [2.75, 3.05) is 0 Å². The molecule has 5 nitrogen and oxygen atoms in total. The minimum absolute atomic E-state index is 0.0467. The van der Waals surface area contributed by atoms with E-state index in [2.05, 4.69) is 11.4 Å². The van der Waals surface area contributed by atoms with Crippen LogP contribution in [-0.4, -0.2) is 23.0 Å². The van der Waals surface area contributed by atoms with Crippen LogP contribution < -0.4 is 5.32 Å². The number of carbonyl (C=O) groups excluding carboxylic acids is 1. The Hall–Kier alpha value is -4.69. The van der Waals surface area contributed by atoms with Crippen molar-refractivity contribution in [3.8, 4) is 6.07 Å². The molecule has 0 bridgehead atoms. The van der Waals surface area contributed by atoms with Crippen LogP contribution in [0.2, 0.25) is 0 Å². The first-order valence-electron chi connectivity index (χ1n) is 11.2. The summed E-state index contributed by atoms with van der Waals surface area (Å²) < 4.78 is 0. The average molecular weight is 461 g/mol. The molecule has 0 saturated heterocycles. The van der Waals surface area contributed by atoms with Crippen molar-refractivity contribution in [2.45, 2.75) is 17.9 Å². The topological polar surface area (TPSA) is 90.2 Å². The Kier molecular flexibility index (Phi) is 7.04. The van der Waals surface area contributed by atoms with Gasteiger partial charge in [-0.05, 0) is 34.4 Å². The molecule has 0 heterocycles. The lowest BCUT2D eigenvalue weighted by Gasteiger charge is -2.35. The highest BCUT2D eigenvalue weighted by Crippen LogP contribution is 2.39. The predicted octanol–water partition coefficient (Wildman–Crippen LogP) is 4.70. The van der Waals surface area contributed by atoms with Gasteiger partial charge in [0.2, 0.25) is 5.91 Å². The number of hydrogen-bond acceptors (Lipinski definition) is 3. The van der Waals surface area contributed by atoms with Crippen molar-refractivity contribution in [1.29, 1.82) is 5.26 Å². The molecule has 4 aromatic rings. The Balaban J connectivity index is 1.83. The second kappa shape index (κ2) is 10.5. The molecule has 35 heavy (non-hydrogen) atoms. The van der Waals surface area contributed by atoms with Crippen LogP contribution in [0.3, 0.4) is 0 Å². The first kappa shape index (κ1) is 23.5. The van der Waals surface area contributed by atoms with Crippen LogP contribution in [0, 0.1) is 11.3 Å². The summed E-state index contributed by atoms with van der Waals surface area (Å²) in [5, 5.41) is 22.0. The number of nitriles is 1. The first-order chi connectivity index (χ1) is 17.1. The number of carboxylic acids is 1. The van der Waals surface area contributed by atoms with Gasteiger partial charge in [0.1, 0.15) is 11.5 Å². The van der Waals surface area contributed by atoms with E-state index in [4.69, 9.17) is 0 Å². The van der Waals surface area contributed by atoms with Crippen LogP contribution >= 0.6 is 0 Å². The van der Waals surface area contributed by atoms with Gasteiger partial charge in [-0.25, -0.2) is 4.79 Å². The van der Waals surface area contributed by atoms with E-state index in [1.807, 2.05) is 91.0 Å². The zero-order valence-corrected chi connectivity index (χ0v) is 19.0. The number of nitrogens with zero attached hydrogens (tertiary/aromatic N) is 1. The fourth-order valence-corrected chi connectivity index (χ4v) is 4.43. The minimum atomic E-state index is -1.27. The summed E-state index contributed by atoms with van der Waals surface area (Å²) in [7, 11) is 0. The molecule has 5 heteroatoms. The van der Waals surface area contributed by atoms with Gasteiger partial charge in [-0.3, -0.25) is 4.79 Å². The maximum atomic E-state index is 14.3. The van der Waals surface area contributed by atoms with E-state index in [0.717, 1.165) is 16.7 Å². The Labute approximate surface area is 204 Å². The second-order valence-corrected chi connectivity index (χ2v) is 8.23. The van der Waals surface area contributed by atoms with Gasteiger partial charge in [0.25, 0.3) is 0 Å². The summed E-state index contributed by atoms with van der Waals surface area (Å²) in [6.07, 6.45) is 0.0467. The number of carbonyl (C=O) groups is 2. The van der Waals surface area contributed by atoms with Gasteiger partial charge in [-0.15, -0.1) is 0 Å². The molecule has 0 aliphatic carbocycles. The summed E-state index contributed by atoms with van der Waals surface area (Å²) >= 11 is 0. The van der Waals surface area contributed by atoms with Crippen molar-refractivity contribution in [1.82, 2.24) is 5.32 Å². The van der Waals surface area contributed by atoms with E-state index < -0.39 is 23.3 Å². The molecule has 0 saturated carbocycles. The molecule has 0 radical (unpaired) electrons. The van der Waals surface area contributed by atoms with E-state index >= 15 is 0 Å². The Morgan fingerprint density at radius 3 is 1.69 bits per heavy atom. The van der Waals surface area contributed by atoms with Crippen molar-refractivity contribution in [2.24, 2.45) is 0 Å². The maximum Gasteiger partial charge on any atom is 0.326 e. The van der Waals surface area contributed by atoms with E-state index in [1.54, 1.807) is 24.3 Å². The molecule has 0 unspecified atom stereocenters. The summed E-state index contributed by atoms with van der Waals surface area (Å²) in [6.45, 7) is 0. The third-order valence-corrected chi connectivity index (χ3v) is 6.06. The molecule has 0 aliphatic rings. The molecule has 0 fully saturated rings. The molecular weight excluding hydrogens is 436 g/mol. The molecule has 0 aromatic heterocycles. The van der Waals surface area contributed by atoms with Crippen LogP contribution in [0.25, 0.3) is 0 Å². The van der Waals surface area contributed by atoms with Crippen LogP contribution in [-0.2, 0) is 21.4 Å². The molecule has 1 amide bonds. The number of benzene rings is 4. The van der Waals surface area contributed by atoms with Crippen molar-refractivity contribution >= 4 is 11.9 Å². The van der Waals surface area contributed by atoms with Crippen LogP contribution in [0.1, 0.15) is 27.8 Å². The van der Waals surface area contributed by atoms with Gasteiger partial charge >= 0.3 is 5.97 Å². The zero-order valence-electron chi connectivity index (χ0n) is 19.0. The normalized spacial score (nSPS) is 11.7. The molecule has 172 valence electrons. The van der Waals surface area contributed by atoms with E-state index in [1.165, 1.54) is 0 Å². The quantitative estimate of drug-likeness (QED) is 0.373. The lowest BCUT2D eigenvalue weighted by atomic mass is 9.68. The van der Waals surface area contributed by atoms with E-state index in [9.17, 15) is 20.0 Å². The SMILES string of the molecule is N#Cc1cccc(C[C@H](NC(=O)C(c2ccccc2)(c2ccccc2)c2ccccc2)C(=O)O)c1. The van der Waals surface area contributed by atoms with Crippen LogP contribution in [0.5, 0.6) is 0 Å².